The highest BCUT2D eigenvalue weighted by atomic mass is 35.5. The average molecular weight is 400 g/mol. The molecule has 0 spiro atoms. The summed E-state index contributed by atoms with van der Waals surface area (Å²) in [7, 11) is 0. The van der Waals surface area contributed by atoms with Gasteiger partial charge in [0.2, 0.25) is 5.91 Å². The lowest BCUT2D eigenvalue weighted by molar-refractivity contribution is -0.122. The van der Waals surface area contributed by atoms with Crippen molar-refractivity contribution in [1.82, 2.24) is 15.6 Å². The van der Waals surface area contributed by atoms with Gasteiger partial charge in [-0.05, 0) is 17.2 Å². The van der Waals surface area contributed by atoms with Crippen molar-refractivity contribution in [2.24, 2.45) is 0 Å². The molecule has 1 aromatic heterocycles. The Bertz CT molecular complexity index is 891. The molecule has 1 saturated heterocycles. The first kappa shape index (κ1) is 20.4. The maximum Gasteiger partial charge on any atom is 0.221 e. The number of benzene rings is 2. The van der Waals surface area contributed by atoms with E-state index < -0.39 is 0 Å². The Labute approximate surface area is 171 Å². The number of H-pyrrole nitrogens is 1. The number of aromatic amines is 1. The van der Waals surface area contributed by atoms with E-state index in [0.717, 1.165) is 18.7 Å². The van der Waals surface area contributed by atoms with Crippen molar-refractivity contribution in [2.45, 2.75) is 18.4 Å². The molecule has 1 fully saturated rings. The van der Waals surface area contributed by atoms with Crippen molar-refractivity contribution in [1.29, 1.82) is 0 Å². The normalized spacial score (nSPS) is 17.6. The molecule has 2 atom stereocenters. The van der Waals surface area contributed by atoms with Crippen molar-refractivity contribution in [3.05, 3.63) is 71.9 Å². The minimum absolute atomic E-state index is 0. The molecule has 0 saturated carbocycles. The summed E-state index contributed by atoms with van der Waals surface area (Å²) in [6, 6.07) is 18.7. The molecule has 2 aromatic carbocycles. The summed E-state index contributed by atoms with van der Waals surface area (Å²) in [6.07, 6.45) is 2.50. The number of aromatic nitrogens is 1. The molecular formula is C22H26ClN3O2. The fourth-order valence-electron chi connectivity index (χ4n) is 3.74. The largest absolute Gasteiger partial charge is 0.378 e. The zero-order valence-corrected chi connectivity index (χ0v) is 16.5. The number of nitrogens with one attached hydrogen (secondary N) is 3. The zero-order valence-electron chi connectivity index (χ0n) is 15.7. The average Bonchev–Trinajstić information content (AvgIpc) is 3.14. The van der Waals surface area contributed by atoms with Gasteiger partial charge in [0.25, 0.3) is 0 Å². The molecule has 1 amide bonds. The number of carbonyl (C=O) groups is 1. The van der Waals surface area contributed by atoms with Crippen molar-refractivity contribution in [3.63, 3.8) is 0 Å². The summed E-state index contributed by atoms with van der Waals surface area (Å²) in [6.45, 7) is 2.69. The maximum atomic E-state index is 12.5. The molecule has 1 aliphatic heterocycles. The van der Waals surface area contributed by atoms with Gasteiger partial charge in [-0.3, -0.25) is 4.79 Å². The predicted molar refractivity (Wildman–Crippen MR) is 114 cm³/mol. The summed E-state index contributed by atoms with van der Waals surface area (Å²) in [5.74, 6) is 0.153. The van der Waals surface area contributed by atoms with Crippen LogP contribution in [0.4, 0.5) is 0 Å². The molecule has 5 nitrogen and oxygen atoms in total. The van der Waals surface area contributed by atoms with Gasteiger partial charge in [-0.2, -0.15) is 0 Å². The predicted octanol–water partition coefficient (Wildman–Crippen LogP) is 3.22. The Hall–Kier alpha value is -2.34. The van der Waals surface area contributed by atoms with E-state index in [1.807, 2.05) is 24.3 Å². The monoisotopic (exact) mass is 399 g/mol. The zero-order chi connectivity index (χ0) is 18.5. The van der Waals surface area contributed by atoms with E-state index >= 15 is 0 Å². The molecule has 148 valence electrons. The highest BCUT2D eigenvalue weighted by molar-refractivity contribution is 5.85. The Morgan fingerprint density at radius 2 is 1.93 bits per heavy atom. The van der Waals surface area contributed by atoms with Crippen molar-refractivity contribution in [3.8, 4) is 0 Å². The van der Waals surface area contributed by atoms with Crippen LogP contribution in [0.3, 0.4) is 0 Å². The van der Waals surface area contributed by atoms with Crippen LogP contribution in [-0.2, 0) is 9.53 Å². The molecule has 1 aliphatic rings. The lowest BCUT2D eigenvalue weighted by Crippen LogP contribution is -2.44. The molecule has 0 bridgehead atoms. The van der Waals surface area contributed by atoms with Crippen LogP contribution in [-0.4, -0.2) is 43.2 Å². The smallest absolute Gasteiger partial charge is 0.221 e. The Kier molecular flexibility index (Phi) is 7.09. The van der Waals surface area contributed by atoms with Crippen LogP contribution in [0.5, 0.6) is 0 Å². The number of rotatable bonds is 6. The van der Waals surface area contributed by atoms with Gasteiger partial charge in [-0.25, -0.2) is 0 Å². The first-order valence-corrected chi connectivity index (χ1v) is 9.50. The molecule has 2 heterocycles. The molecule has 0 aliphatic carbocycles. The first-order chi connectivity index (χ1) is 13.3. The fraction of sp³-hybridized carbons (Fsp3) is 0.318. The SMILES string of the molecule is Cl.O=C(CC1COCCN1)NCC(c1ccccc1)c1c[nH]c2ccccc12. The van der Waals surface area contributed by atoms with E-state index in [1.54, 1.807) is 0 Å². The number of hydrogen-bond acceptors (Lipinski definition) is 3. The molecule has 6 heteroatoms. The van der Waals surface area contributed by atoms with E-state index in [1.165, 1.54) is 16.5 Å². The lowest BCUT2D eigenvalue weighted by atomic mass is 9.91. The van der Waals surface area contributed by atoms with E-state index in [4.69, 9.17) is 4.74 Å². The highest BCUT2D eigenvalue weighted by Gasteiger charge is 2.21. The van der Waals surface area contributed by atoms with Crippen molar-refractivity contribution < 1.29 is 9.53 Å². The van der Waals surface area contributed by atoms with Crippen LogP contribution in [0.2, 0.25) is 0 Å². The molecular weight excluding hydrogens is 374 g/mol. The number of morpholine rings is 1. The molecule has 3 N–H and O–H groups in total. The summed E-state index contributed by atoms with van der Waals surface area (Å²) < 4.78 is 5.44. The highest BCUT2D eigenvalue weighted by Crippen LogP contribution is 2.30. The Morgan fingerprint density at radius 3 is 2.71 bits per heavy atom. The summed E-state index contributed by atoms with van der Waals surface area (Å²) in [5.41, 5.74) is 3.52. The van der Waals surface area contributed by atoms with Crippen LogP contribution in [0.15, 0.2) is 60.8 Å². The second kappa shape index (κ2) is 9.73. The van der Waals surface area contributed by atoms with Crippen LogP contribution in [0, 0.1) is 0 Å². The lowest BCUT2D eigenvalue weighted by Gasteiger charge is -2.24. The van der Waals surface area contributed by atoms with Crippen molar-refractivity contribution in [2.75, 3.05) is 26.3 Å². The third-order valence-corrected chi connectivity index (χ3v) is 5.13. The van der Waals surface area contributed by atoms with Crippen LogP contribution in [0.1, 0.15) is 23.5 Å². The molecule has 2 unspecified atom stereocenters. The third kappa shape index (κ3) is 4.73. The number of amides is 1. The number of para-hydroxylation sites is 1. The first-order valence-electron chi connectivity index (χ1n) is 9.50. The van der Waals surface area contributed by atoms with Gasteiger partial charge in [0, 0.05) is 48.6 Å². The molecule has 0 radical (unpaired) electrons. The summed E-state index contributed by atoms with van der Waals surface area (Å²) >= 11 is 0. The maximum absolute atomic E-state index is 12.5. The van der Waals surface area contributed by atoms with E-state index in [2.05, 4.69) is 52.1 Å². The minimum Gasteiger partial charge on any atom is -0.378 e. The van der Waals surface area contributed by atoms with E-state index in [-0.39, 0.29) is 30.3 Å². The number of halogens is 1. The quantitative estimate of drug-likeness (QED) is 0.596. The second-order valence-corrected chi connectivity index (χ2v) is 6.99. The van der Waals surface area contributed by atoms with Crippen LogP contribution in [0.25, 0.3) is 10.9 Å². The van der Waals surface area contributed by atoms with Crippen LogP contribution >= 0.6 is 12.4 Å². The molecule has 28 heavy (non-hydrogen) atoms. The Morgan fingerprint density at radius 1 is 1.14 bits per heavy atom. The molecule has 4 rings (SSSR count). The van der Waals surface area contributed by atoms with Gasteiger partial charge in [0.15, 0.2) is 0 Å². The molecule has 3 aromatic rings. The van der Waals surface area contributed by atoms with E-state index in [0.29, 0.717) is 19.6 Å². The number of carbonyl (C=O) groups excluding carboxylic acids is 1. The third-order valence-electron chi connectivity index (χ3n) is 5.13. The van der Waals surface area contributed by atoms with E-state index in [9.17, 15) is 4.79 Å². The van der Waals surface area contributed by atoms with Gasteiger partial charge in [0.05, 0.1) is 13.2 Å². The summed E-state index contributed by atoms with van der Waals surface area (Å²) in [5, 5.41) is 7.66. The topological polar surface area (TPSA) is 66.2 Å². The van der Waals surface area contributed by atoms with Gasteiger partial charge in [-0.15, -0.1) is 12.4 Å². The Balaban J connectivity index is 0.00000225. The van der Waals surface area contributed by atoms with Gasteiger partial charge < -0.3 is 20.4 Å². The van der Waals surface area contributed by atoms with Gasteiger partial charge in [0.1, 0.15) is 0 Å². The number of fused-ring (bicyclic) bond motifs is 1. The summed E-state index contributed by atoms with van der Waals surface area (Å²) in [4.78, 5) is 15.8. The number of hydrogen-bond donors (Lipinski definition) is 3. The fourth-order valence-corrected chi connectivity index (χ4v) is 3.74. The number of ether oxygens (including phenoxy) is 1. The standard InChI is InChI=1S/C22H25N3O2.ClH/c26-22(12-17-15-27-11-10-23-17)25-13-19(16-6-2-1-3-7-16)20-14-24-21-9-5-4-8-18(20)21;/h1-9,14,17,19,23-24H,10-13,15H2,(H,25,26);1H. The van der Waals surface area contributed by atoms with Gasteiger partial charge >= 0.3 is 0 Å². The minimum atomic E-state index is 0. The van der Waals surface area contributed by atoms with Gasteiger partial charge in [-0.1, -0.05) is 48.5 Å². The van der Waals surface area contributed by atoms with Crippen molar-refractivity contribution >= 4 is 29.2 Å². The second-order valence-electron chi connectivity index (χ2n) is 6.99. The van der Waals surface area contributed by atoms with Crippen LogP contribution < -0.4 is 10.6 Å².